The van der Waals surface area contributed by atoms with E-state index in [4.69, 9.17) is 22.2 Å². The molecule has 1 amide bonds. The highest BCUT2D eigenvalue weighted by Gasteiger charge is 2.50. The molecule has 5 nitrogen and oxygen atoms in total. The standard InChI is InChI=1S/C21H16F3N3O2S2/c1-20(2)18(28)26(13-4-3-12(11-25)15(9-13)21(22,23)24)19(30)27(20)14-5-6-16-17(10-14)31-8-7-29-16/h3-6,9-10H,7-8H2,1-2H3. The Hall–Kier alpha value is -2.77. The molecule has 0 bridgehead atoms. The Balaban J connectivity index is 1.78. The zero-order valence-corrected chi connectivity index (χ0v) is 18.1. The molecule has 2 aromatic rings. The summed E-state index contributed by atoms with van der Waals surface area (Å²) < 4.78 is 45.9. The second kappa shape index (κ2) is 7.43. The van der Waals surface area contributed by atoms with Crippen molar-refractivity contribution in [2.24, 2.45) is 0 Å². The average Bonchev–Trinajstić information content (AvgIpc) is 2.90. The van der Waals surface area contributed by atoms with Gasteiger partial charge in [-0.1, -0.05) is 0 Å². The molecule has 0 atom stereocenters. The van der Waals surface area contributed by atoms with Gasteiger partial charge in [0.2, 0.25) is 0 Å². The van der Waals surface area contributed by atoms with Crippen molar-refractivity contribution in [2.75, 3.05) is 22.2 Å². The Morgan fingerprint density at radius 1 is 1.19 bits per heavy atom. The number of hydrogen-bond donors (Lipinski definition) is 0. The summed E-state index contributed by atoms with van der Waals surface area (Å²) in [7, 11) is 0. The number of amides is 1. The van der Waals surface area contributed by atoms with Crippen molar-refractivity contribution in [3.05, 3.63) is 47.5 Å². The fourth-order valence-corrected chi connectivity index (χ4v) is 5.01. The highest BCUT2D eigenvalue weighted by Crippen LogP contribution is 2.42. The third-order valence-corrected chi connectivity index (χ3v) is 6.51. The van der Waals surface area contributed by atoms with Crippen molar-refractivity contribution in [3.8, 4) is 11.8 Å². The zero-order valence-electron chi connectivity index (χ0n) is 16.5. The minimum Gasteiger partial charge on any atom is -0.492 e. The first kappa shape index (κ1) is 21.5. The maximum atomic E-state index is 13.4. The van der Waals surface area contributed by atoms with Crippen LogP contribution in [-0.2, 0) is 11.0 Å². The molecule has 0 radical (unpaired) electrons. The minimum absolute atomic E-state index is 0.0347. The summed E-state index contributed by atoms with van der Waals surface area (Å²) in [6.45, 7) is 3.94. The van der Waals surface area contributed by atoms with E-state index in [1.54, 1.807) is 48.7 Å². The molecule has 1 saturated heterocycles. The highest BCUT2D eigenvalue weighted by molar-refractivity contribution is 7.99. The Morgan fingerprint density at radius 2 is 1.90 bits per heavy atom. The summed E-state index contributed by atoms with van der Waals surface area (Å²) in [4.78, 5) is 16.9. The van der Waals surface area contributed by atoms with E-state index >= 15 is 0 Å². The van der Waals surface area contributed by atoms with Crippen LogP contribution in [0.5, 0.6) is 5.75 Å². The lowest BCUT2D eigenvalue weighted by atomic mass is 10.0. The van der Waals surface area contributed by atoms with E-state index < -0.39 is 28.7 Å². The van der Waals surface area contributed by atoms with E-state index in [0.717, 1.165) is 33.4 Å². The normalized spacial score (nSPS) is 17.9. The molecule has 2 aliphatic heterocycles. The van der Waals surface area contributed by atoms with Gasteiger partial charge >= 0.3 is 6.18 Å². The molecule has 31 heavy (non-hydrogen) atoms. The van der Waals surface area contributed by atoms with Crippen LogP contribution in [0.1, 0.15) is 25.0 Å². The number of thioether (sulfide) groups is 1. The van der Waals surface area contributed by atoms with Gasteiger partial charge in [0.15, 0.2) is 5.11 Å². The predicted octanol–water partition coefficient (Wildman–Crippen LogP) is 4.98. The summed E-state index contributed by atoms with van der Waals surface area (Å²) >= 11 is 7.17. The zero-order chi connectivity index (χ0) is 22.6. The number of nitriles is 1. The minimum atomic E-state index is -4.74. The van der Waals surface area contributed by atoms with Crippen molar-refractivity contribution in [3.63, 3.8) is 0 Å². The number of alkyl halides is 3. The maximum Gasteiger partial charge on any atom is 0.417 e. The number of anilines is 2. The molecule has 0 unspecified atom stereocenters. The van der Waals surface area contributed by atoms with Crippen LogP contribution >= 0.6 is 24.0 Å². The van der Waals surface area contributed by atoms with Crippen LogP contribution in [0.4, 0.5) is 24.5 Å². The fourth-order valence-electron chi connectivity index (χ4n) is 3.63. The predicted molar refractivity (Wildman–Crippen MR) is 115 cm³/mol. The van der Waals surface area contributed by atoms with Gasteiger partial charge in [0.25, 0.3) is 5.91 Å². The number of fused-ring (bicyclic) bond motifs is 1. The van der Waals surface area contributed by atoms with Crippen LogP contribution in [0, 0.1) is 11.3 Å². The highest BCUT2D eigenvalue weighted by atomic mass is 32.2. The van der Waals surface area contributed by atoms with Crippen molar-refractivity contribution in [1.82, 2.24) is 0 Å². The van der Waals surface area contributed by atoms with Crippen molar-refractivity contribution >= 4 is 46.4 Å². The number of hydrogen-bond acceptors (Lipinski definition) is 5. The molecule has 4 rings (SSSR count). The number of carbonyl (C=O) groups excluding carboxylic acids is 1. The molecule has 10 heteroatoms. The molecule has 2 aliphatic rings. The van der Waals surface area contributed by atoms with Crippen molar-refractivity contribution in [1.29, 1.82) is 5.26 Å². The van der Waals surface area contributed by atoms with E-state index in [1.807, 2.05) is 6.07 Å². The Bertz CT molecular complexity index is 1140. The van der Waals surface area contributed by atoms with Gasteiger partial charge in [-0.2, -0.15) is 18.4 Å². The summed E-state index contributed by atoms with van der Waals surface area (Å²) in [6.07, 6.45) is -4.74. The van der Waals surface area contributed by atoms with E-state index in [0.29, 0.717) is 12.3 Å². The SMILES string of the molecule is CC1(C)C(=O)N(c2ccc(C#N)c(C(F)(F)F)c2)C(=S)N1c1ccc2c(c1)SCCO2. The second-order valence-corrected chi connectivity index (χ2v) is 8.99. The molecule has 2 heterocycles. The van der Waals surface area contributed by atoms with Crippen LogP contribution in [0.2, 0.25) is 0 Å². The molecule has 1 fully saturated rings. The van der Waals surface area contributed by atoms with Gasteiger partial charge in [-0.25, -0.2) is 0 Å². The van der Waals surface area contributed by atoms with E-state index in [-0.39, 0.29) is 10.8 Å². The molecular formula is C21H16F3N3O2S2. The Labute approximate surface area is 186 Å². The van der Waals surface area contributed by atoms with Gasteiger partial charge in [0.05, 0.1) is 34.4 Å². The third kappa shape index (κ3) is 3.51. The third-order valence-electron chi connectivity index (χ3n) is 5.14. The van der Waals surface area contributed by atoms with Gasteiger partial charge in [0, 0.05) is 11.4 Å². The summed E-state index contributed by atoms with van der Waals surface area (Å²) in [5.74, 6) is 1.07. The first-order valence-corrected chi connectivity index (χ1v) is 10.6. The second-order valence-electron chi connectivity index (χ2n) is 7.48. The van der Waals surface area contributed by atoms with Crippen molar-refractivity contribution in [2.45, 2.75) is 30.5 Å². The van der Waals surface area contributed by atoms with E-state index in [9.17, 15) is 18.0 Å². The fraction of sp³-hybridized carbons (Fsp3) is 0.286. The molecule has 0 spiro atoms. The average molecular weight is 464 g/mol. The van der Waals surface area contributed by atoms with Gasteiger partial charge < -0.3 is 9.64 Å². The lowest BCUT2D eigenvalue weighted by molar-refractivity contribution is -0.137. The molecule has 0 aliphatic carbocycles. The molecule has 0 N–H and O–H groups in total. The van der Waals surface area contributed by atoms with Crippen LogP contribution in [0.25, 0.3) is 0 Å². The van der Waals surface area contributed by atoms with E-state index in [1.165, 1.54) is 6.07 Å². The van der Waals surface area contributed by atoms with Crippen molar-refractivity contribution < 1.29 is 22.7 Å². The topological polar surface area (TPSA) is 56.6 Å². The summed E-state index contributed by atoms with van der Waals surface area (Å²) in [6, 6.07) is 10.1. The summed E-state index contributed by atoms with van der Waals surface area (Å²) in [5.41, 5.74) is -2.14. The van der Waals surface area contributed by atoms with Crippen LogP contribution < -0.4 is 14.5 Å². The van der Waals surface area contributed by atoms with Gasteiger partial charge in [-0.05, 0) is 62.5 Å². The number of halogens is 3. The maximum absolute atomic E-state index is 13.4. The van der Waals surface area contributed by atoms with Crippen LogP contribution in [0.15, 0.2) is 41.3 Å². The largest absolute Gasteiger partial charge is 0.492 e. The number of benzene rings is 2. The van der Waals surface area contributed by atoms with Gasteiger partial charge in [0.1, 0.15) is 11.3 Å². The number of rotatable bonds is 2. The molecule has 2 aromatic carbocycles. The Kier molecular flexibility index (Phi) is 5.14. The first-order valence-electron chi connectivity index (χ1n) is 9.25. The molecular weight excluding hydrogens is 447 g/mol. The van der Waals surface area contributed by atoms with E-state index in [2.05, 4.69) is 0 Å². The van der Waals surface area contributed by atoms with Crippen LogP contribution in [0.3, 0.4) is 0 Å². The molecule has 160 valence electrons. The summed E-state index contributed by atoms with van der Waals surface area (Å²) in [5, 5.41) is 9.10. The number of thiocarbonyl (C=S) groups is 1. The van der Waals surface area contributed by atoms with Gasteiger partial charge in [-0.3, -0.25) is 9.69 Å². The first-order chi connectivity index (χ1) is 14.6. The molecule has 0 aromatic heterocycles. The smallest absolute Gasteiger partial charge is 0.417 e. The van der Waals surface area contributed by atoms with Crippen LogP contribution in [-0.4, -0.2) is 28.9 Å². The number of carbonyl (C=O) groups is 1. The van der Waals surface area contributed by atoms with Gasteiger partial charge in [-0.15, -0.1) is 11.8 Å². The monoisotopic (exact) mass is 463 g/mol. The number of nitrogens with zero attached hydrogens (tertiary/aromatic N) is 3. The molecule has 0 saturated carbocycles. The lowest BCUT2D eigenvalue weighted by Crippen LogP contribution is -2.44. The quantitative estimate of drug-likeness (QED) is 0.586. The lowest BCUT2D eigenvalue weighted by Gasteiger charge is -2.30. The number of ether oxygens (including phenoxy) is 1. The Morgan fingerprint density at radius 3 is 2.58 bits per heavy atom.